The van der Waals surface area contributed by atoms with Gasteiger partial charge >= 0.3 is 6.09 Å². The summed E-state index contributed by atoms with van der Waals surface area (Å²) in [5, 5.41) is 12.0. The van der Waals surface area contributed by atoms with Gasteiger partial charge in [-0.3, -0.25) is 5.32 Å². The lowest BCUT2D eigenvalue weighted by atomic mass is 10.2. The zero-order valence-electron chi connectivity index (χ0n) is 13.9. The highest BCUT2D eigenvalue weighted by Crippen LogP contribution is 2.32. The van der Waals surface area contributed by atoms with Crippen LogP contribution in [0.4, 0.5) is 25.0 Å². The van der Waals surface area contributed by atoms with E-state index in [1.807, 2.05) is 23.5 Å². The number of amides is 1. The van der Waals surface area contributed by atoms with E-state index in [1.54, 1.807) is 4.90 Å². The van der Waals surface area contributed by atoms with Crippen molar-refractivity contribution in [1.29, 1.82) is 0 Å². The van der Waals surface area contributed by atoms with Crippen LogP contribution in [0.2, 0.25) is 18.6 Å². The second kappa shape index (κ2) is 6.83. The SMILES string of the molecule is C[Si]1(c2ccccc2)CCN(c2c(F)cc(NC(=O)O)cc2F)CC1. The molecule has 2 aromatic carbocycles. The molecule has 132 valence electrons. The van der Waals surface area contributed by atoms with E-state index in [9.17, 15) is 13.6 Å². The van der Waals surface area contributed by atoms with Crippen LogP contribution in [0.5, 0.6) is 0 Å². The largest absolute Gasteiger partial charge is 0.465 e. The molecule has 7 heteroatoms. The maximum Gasteiger partial charge on any atom is 0.409 e. The summed E-state index contributed by atoms with van der Waals surface area (Å²) in [4.78, 5) is 12.4. The van der Waals surface area contributed by atoms with Crippen LogP contribution in [-0.2, 0) is 0 Å². The van der Waals surface area contributed by atoms with Crippen LogP contribution in [0.3, 0.4) is 0 Å². The van der Waals surface area contributed by atoms with E-state index in [1.165, 1.54) is 5.19 Å². The average molecular weight is 362 g/mol. The molecular formula is C18H20F2N2O2Si. The second-order valence-corrected chi connectivity index (χ2v) is 11.3. The van der Waals surface area contributed by atoms with Gasteiger partial charge in [0.25, 0.3) is 0 Å². The van der Waals surface area contributed by atoms with Crippen molar-refractivity contribution in [2.75, 3.05) is 23.3 Å². The first-order valence-corrected chi connectivity index (χ1v) is 11.1. The number of hydrogen-bond donors (Lipinski definition) is 2. The Morgan fingerprint density at radius 3 is 2.20 bits per heavy atom. The maximum atomic E-state index is 14.4. The summed E-state index contributed by atoms with van der Waals surface area (Å²) in [5.41, 5.74) is -0.174. The van der Waals surface area contributed by atoms with E-state index in [0.717, 1.165) is 24.2 Å². The smallest absolute Gasteiger partial charge is 0.409 e. The monoisotopic (exact) mass is 362 g/mol. The zero-order valence-corrected chi connectivity index (χ0v) is 14.9. The van der Waals surface area contributed by atoms with E-state index in [0.29, 0.717) is 13.1 Å². The summed E-state index contributed by atoms with van der Waals surface area (Å²) in [5.74, 6) is -1.48. The molecule has 0 atom stereocenters. The van der Waals surface area contributed by atoms with Crippen molar-refractivity contribution in [3.8, 4) is 0 Å². The van der Waals surface area contributed by atoms with Crippen molar-refractivity contribution in [3.05, 3.63) is 54.1 Å². The lowest BCUT2D eigenvalue weighted by molar-refractivity contribution is 0.209. The van der Waals surface area contributed by atoms with Gasteiger partial charge in [0.1, 0.15) is 5.69 Å². The molecule has 4 nitrogen and oxygen atoms in total. The van der Waals surface area contributed by atoms with Crippen molar-refractivity contribution in [2.45, 2.75) is 18.6 Å². The number of hydrogen-bond acceptors (Lipinski definition) is 2. The molecule has 25 heavy (non-hydrogen) atoms. The first-order valence-electron chi connectivity index (χ1n) is 8.18. The topological polar surface area (TPSA) is 52.6 Å². The Kier molecular flexibility index (Phi) is 4.76. The van der Waals surface area contributed by atoms with Gasteiger partial charge in [0.05, 0.1) is 8.07 Å². The fourth-order valence-corrected chi connectivity index (χ4v) is 6.77. The Hall–Kier alpha value is -2.41. The van der Waals surface area contributed by atoms with Crippen LogP contribution < -0.4 is 15.4 Å². The van der Waals surface area contributed by atoms with Crippen LogP contribution in [0, 0.1) is 11.6 Å². The summed E-state index contributed by atoms with van der Waals surface area (Å²) in [6.45, 7) is 3.50. The van der Waals surface area contributed by atoms with Gasteiger partial charge in [0.2, 0.25) is 0 Å². The van der Waals surface area contributed by atoms with Crippen molar-refractivity contribution in [3.63, 3.8) is 0 Å². The first-order chi connectivity index (χ1) is 11.9. The Balaban J connectivity index is 1.78. The van der Waals surface area contributed by atoms with Crippen LogP contribution in [0.1, 0.15) is 0 Å². The molecule has 0 aromatic heterocycles. The van der Waals surface area contributed by atoms with E-state index < -0.39 is 25.8 Å². The summed E-state index contributed by atoms with van der Waals surface area (Å²) in [6.07, 6.45) is -1.35. The summed E-state index contributed by atoms with van der Waals surface area (Å²) in [6, 6.07) is 14.2. The summed E-state index contributed by atoms with van der Waals surface area (Å²) < 4.78 is 28.7. The molecule has 2 aromatic rings. The Morgan fingerprint density at radius 1 is 1.12 bits per heavy atom. The van der Waals surface area contributed by atoms with Crippen LogP contribution in [-0.4, -0.2) is 32.4 Å². The quantitative estimate of drug-likeness (QED) is 0.815. The van der Waals surface area contributed by atoms with Crippen molar-refractivity contribution in [2.24, 2.45) is 0 Å². The first kappa shape index (κ1) is 17.4. The number of nitrogens with one attached hydrogen (secondary N) is 1. The van der Waals surface area contributed by atoms with Gasteiger partial charge in [-0.1, -0.05) is 42.1 Å². The third-order valence-corrected chi connectivity index (χ3v) is 9.30. The number of nitrogens with zero attached hydrogens (tertiary/aromatic N) is 1. The minimum absolute atomic E-state index is 0.0694. The van der Waals surface area contributed by atoms with Gasteiger partial charge in [0.15, 0.2) is 11.6 Å². The molecule has 0 aliphatic carbocycles. The van der Waals surface area contributed by atoms with E-state index in [2.05, 4.69) is 18.7 Å². The molecule has 0 unspecified atom stereocenters. The predicted molar refractivity (Wildman–Crippen MR) is 97.5 cm³/mol. The van der Waals surface area contributed by atoms with Crippen LogP contribution in [0.25, 0.3) is 0 Å². The third kappa shape index (κ3) is 3.66. The molecule has 0 radical (unpaired) electrons. The fourth-order valence-electron chi connectivity index (χ4n) is 3.42. The number of benzene rings is 2. The normalized spacial score (nSPS) is 16.5. The summed E-state index contributed by atoms with van der Waals surface area (Å²) in [7, 11) is -1.63. The van der Waals surface area contributed by atoms with Crippen LogP contribution >= 0.6 is 0 Å². The van der Waals surface area contributed by atoms with E-state index in [-0.39, 0.29) is 11.4 Å². The molecule has 0 bridgehead atoms. The van der Waals surface area contributed by atoms with E-state index >= 15 is 0 Å². The minimum atomic E-state index is -1.63. The third-order valence-electron chi connectivity index (χ3n) is 4.92. The van der Waals surface area contributed by atoms with Crippen molar-refractivity contribution in [1.82, 2.24) is 0 Å². The molecule has 1 saturated heterocycles. The Bertz CT molecular complexity index is 755. The lowest BCUT2D eigenvalue weighted by Gasteiger charge is -2.39. The zero-order chi connectivity index (χ0) is 18.0. The standard InChI is InChI=1S/C18H20F2N2O2Si/c1-25(14-5-3-2-4-6-14)9-7-22(8-10-25)17-15(19)11-13(12-16(17)20)21-18(23)24/h2-6,11-12,21H,7-10H2,1H3,(H,23,24). The predicted octanol–water partition coefficient (Wildman–Crippen LogP) is 3.86. The Morgan fingerprint density at radius 2 is 1.68 bits per heavy atom. The molecule has 0 saturated carbocycles. The highest BCUT2D eigenvalue weighted by molar-refractivity contribution is 6.91. The van der Waals surface area contributed by atoms with Gasteiger partial charge in [0, 0.05) is 18.8 Å². The minimum Gasteiger partial charge on any atom is -0.465 e. The lowest BCUT2D eigenvalue weighted by Crippen LogP contribution is -2.53. The molecule has 0 spiro atoms. The van der Waals surface area contributed by atoms with Crippen molar-refractivity contribution >= 4 is 30.7 Å². The molecule has 1 fully saturated rings. The second-order valence-electron chi connectivity index (χ2n) is 6.63. The van der Waals surface area contributed by atoms with Gasteiger partial charge in [-0.25, -0.2) is 13.6 Å². The number of carboxylic acid groups (broad SMARTS) is 1. The molecule has 2 N–H and O–H groups in total. The molecule has 1 aliphatic heterocycles. The number of carbonyl (C=O) groups is 1. The fraction of sp³-hybridized carbons (Fsp3) is 0.278. The highest BCUT2D eigenvalue weighted by Gasteiger charge is 2.35. The summed E-state index contributed by atoms with van der Waals surface area (Å²) >= 11 is 0. The number of anilines is 2. The highest BCUT2D eigenvalue weighted by atomic mass is 28.3. The Labute approximate surface area is 146 Å². The molecule has 3 rings (SSSR count). The molecule has 1 amide bonds. The number of rotatable bonds is 3. The van der Waals surface area contributed by atoms with Crippen molar-refractivity contribution < 1.29 is 18.7 Å². The molecular weight excluding hydrogens is 342 g/mol. The number of halogens is 2. The van der Waals surface area contributed by atoms with Crippen LogP contribution in [0.15, 0.2) is 42.5 Å². The van der Waals surface area contributed by atoms with Gasteiger partial charge < -0.3 is 10.0 Å². The van der Waals surface area contributed by atoms with Gasteiger partial charge in [-0.15, -0.1) is 0 Å². The van der Waals surface area contributed by atoms with Gasteiger partial charge in [-0.05, 0) is 24.2 Å². The average Bonchev–Trinajstić information content (AvgIpc) is 2.56. The van der Waals surface area contributed by atoms with Gasteiger partial charge in [-0.2, -0.15) is 0 Å². The molecule has 1 aliphatic rings. The maximum absolute atomic E-state index is 14.4. The molecule has 1 heterocycles. The van der Waals surface area contributed by atoms with E-state index in [4.69, 9.17) is 5.11 Å².